The Kier molecular flexibility index (Phi) is 4.07. The normalized spacial score (nSPS) is 23.2. The van der Waals surface area contributed by atoms with E-state index in [2.05, 4.69) is 4.98 Å². The lowest BCUT2D eigenvalue weighted by atomic mass is 10.0. The topological polar surface area (TPSA) is 64.4 Å². The van der Waals surface area contributed by atoms with Crippen LogP contribution in [-0.4, -0.2) is 47.8 Å². The van der Waals surface area contributed by atoms with Crippen LogP contribution >= 0.6 is 0 Å². The summed E-state index contributed by atoms with van der Waals surface area (Å²) in [5, 5.41) is 0. The van der Waals surface area contributed by atoms with Crippen molar-refractivity contribution in [1.29, 1.82) is 0 Å². The van der Waals surface area contributed by atoms with Crippen LogP contribution in [0, 0.1) is 5.92 Å². The first-order valence-electron chi connectivity index (χ1n) is 7.57. The Morgan fingerprint density at radius 2 is 2.14 bits per heavy atom. The molecule has 1 saturated carbocycles. The van der Waals surface area contributed by atoms with Gasteiger partial charge in [0.05, 0.1) is 30.9 Å². The summed E-state index contributed by atoms with van der Waals surface area (Å²) in [7, 11) is -1.23. The lowest BCUT2D eigenvalue weighted by Crippen LogP contribution is -2.41. The fraction of sp³-hybridized carbons (Fsp3) is 0.786. The van der Waals surface area contributed by atoms with E-state index in [-0.39, 0.29) is 11.7 Å². The predicted molar refractivity (Wildman–Crippen MR) is 79.4 cm³/mol. The Hall–Kier alpha value is -0.920. The molecule has 21 heavy (non-hydrogen) atoms. The van der Waals surface area contributed by atoms with Crippen molar-refractivity contribution < 1.29 is 13.2 Å². The smallest absolute Gasteiger partial charge is 0.214 e. The maximum atomic E-state index is 12.2. The Balaban J connectivity index is 1.77. The molecule has 1 aliphatic heterocycles. The molecule has 2 heterocycles. The highest BCUT2D eigenvalue weighted by Gasteiger charge is 2.34. The van der Waals surface area contributed by atoms with Gasteiger partial charge in [0, 0.05) is 31.8 Å². The van der Waals surface area contributed by atoms with Crippen molar-refractivity contribution in [3.63, 3.8) is 0 Å². The lowest BCUT2D eigenvalue weighted by Gasteiger charge is -2.31. The minimum atomic E-state index is -3.19. The second-order valence-electron chi connectivity index (χ2n) is 6.06. The van der Waals surface area contributed by atoms with E-state index in [9.17, 15) is 8.42 Å². The third kappa shape index (κ3) is 3.14. The number of imidazole rings is 1. The summed E-state index contributed by atoms with van der Waals surface area (Å²) in [6.45, 7) is 3.92. The van der Waals surface area contributed by atoms with Crippen LogP contribution in [0.15, 0.2) is 6.33 Å². The number of aromatic nitrogens is 2. The first-order valence-corrected chi connectivity index (χ1v) is 9.17. The molecule has 0 N–H and O–H groups in total. The van der Waals surface area contributed by atoms with Gasteiger partial charge in [-0.05, 0) is 25.7 Å². The van der Waals surface area contributed by atoms with Gasteiger partial charge in [-0.2, -0.15) is 4.31 Å². The number of sulfonamides is 1. The Labute approximate surface area is 126 Å². The van der Waals surface area contributed by atoms with Gasteiger partial charge in [-0.15, -0.1) is 0 Å². The third-order valence-electron chi connectivity index (χ3n) is 4.33. The second kappa shape index (κ2) is 5.70. The molecule has 0 unspecified atom stereocenters. The van der Waals surface area contributed by atoms with E-state index in [0.717, 1.165) is 23.9 Å². The van der Waals surface area contributed by atoms with Crippen LogP contribution in [0.1, 0.15) is 37.1 Å². The summed E-state index contributed by atoms with van der Waals surface area (Å²) < 4.78 is 33.7. The summed E-state index contributed by atoms with van der Waals surface area (Å²) >= 11 is 0. The molecule has 3 rings (SSSR count). The quantitative estimate of drug-likeness (QED) is 0.789. The Bertz CT molecular complexity index is 607. The van der Waals surface area contributed by atoms with Gasteiger partial charge in [-0.1, -0.05) is 0 Å². The molecule has 0 saturated heterocycles. The molecule has 2 aliphatic rings. The standard InChI is InChI=1S/C14H23N3O3S/c1-3-21(18,19)17-6-12(9-20-8-11-4-5-11)14-13(7-17)15-10-16(14)2/h10-12H,3-9H2,1-2H3/t12-/m1/s1. The molecule has 0 spiro atoms. The van der Waals surface area contributed by atoms with Crippen molar-refractivity contribution in [1.82, 2.24) is 13.9 Å². The zero-order valence-corrected chi connectivity index (χ0v) is 13.5. The molecule has 7 heteroatoms. The highest BCUT2D eigenvalue weighted by molar-refractivity contribution is 7.89. The van der Waals surface area contributed by atoms with E-state index in [1.165, 1.54) is 12.8 Å². The lowest BCUT2D eigenvalue weighted by molar-refractivity contribution is 0.0998. The Morgan fingerprint density at radius 3 is 2.81 bits per heavy atom. The predicted octanol–water partition coefficient (Wildman–Crippen LogP) is 1.10. The van der Waals surface area contributed by atoms with E-state index in [1.54, 1.807) is 17.6 Å². The van der Waals surface area contributed by atoms with Crippen LogP contribution in [0.3, 0.4) is 0 Å². The van der Waals surface area contributed by atoms with Crippen molar-refractivity contribution in [2.24, 2.45) is 13.0 Å². The average molecular weight is 313 g/mol. The van der Waals surface area contributed by atoms with Gasteiger partial charge in [0.15, 0.2) is 0 Å². The molecule has 1 aromatic heterocycles. The molecule has 1 aromatic rings. The maximum absolute atomic E-state index is 12.2. The average Bonchev–Trinajstić information content (AvgIpc) is 3.21. The van der Waals surface area contributed by atoms with Crippen LogP contribution in [0.5, 0.6) is 0 Å². The first kappa shape index (κ1) is 15.0. The molecule has 0 aromatic carbocycles. The van der Waals surface area contributed by atoms with Crippen molar-refractivity contribution >= 4 is 10.0 Å². The number of aryl methyl sites for hydroxylation is 1. The van der Waals surface area contributed by atoms with Crippen LogP contribution in [0.2, 0.25) is 0 Å². The molecular formula is C14H23N3O3S. The molecule has 0 bridgehead atoms. The van der Waals surface area contributed by atoms with Gasteiger partial charge in [-0.3, -0.25) is 0 Å². The number of ether oxygens (including phenoxy) is 1. The van der Waals surface area contributed by atoms with Gasteiger partial charge >= 0.3 is 0 Å². The molecular weight excluding hydrogens is 290 g/mol. The molecule has 1 fully saturated rings. The molecule has 6 nitrogen and oxygen atoms in total. The van der Waals surface area contributed by atoms with Crippen LogP contribution in [0.25, 0.3) is 0 Å². The molecule has 1 atom stereocenters. The van der Waals surface area contributed by atoms with Crippen molar-refractivity contribution in [2.45, 2.75) is 32.2 Å². The fourth-order valence-corrected chi connectivity index (χ4v) is 3.98. The van der Waals surface area contributed by atoms with E-state index >= 15 is 0 Å². The van der Waals surface area contributed by atoms with Gasteiger partial charge < -0.3 is 9.30 Å². The molecule has 118 valence electrons. The minimum absolute atomic E-state index is 0.0707. The number of fused-ring (bicyclic) bond motifs is 1. The van der Waals surface area contributed by atoms with Crippen molar-refractivity contribution in [3.8, 4) is 0 Å². The molecule has 1 aliphatic carbocycles. The number of nitrogens with zero attached hydrogens (tertiary/aromatic N) is 3. The molecule has 0 radical (unpaired) electrons. The van der Waals surface area contributed by atoms with Gasteiger partial charge in [0.1, 0.15) is 0 Å². The highest BCUT2D eigenvalue weighted by atomic mass is 32.2. The number of rotatable bonds is 6. The monoisotopic (exact) mass is 313 g/mol. The SMILES string of the molecule is CCS(=O)(=O)N1Cc2ncn(C)c2[C@@H](COCC2CC2)C1. The van der Waals surface area contributed by atoms with E-state index in [4.69, 9.17) is 4.74 Å². The van der Waals surface area contributed by atoms with Crippen molar-refractivity contribution in [3.05, 3.63) is 17.7 Å². The minimum Gasteiger partial charge on any atom is -0.380 e. The highest BCUT2D eigenvalue weighted by Crippen LogP contribution is 2.32. The van der Waals surface area contributed by atoms with E-state index < -0.39 is 10.0 Å². The van der Waals surface area contributed by atoms with Crippen LogP contribution in [-0.2, 0) is 28.4 Å². The maximum Gasteiger partial charge on any atom is 0.214 e. The third-order valence-corrected chi connectivity index (χ3v) is 6.12. The van der Waals surface area contributed by atoms with Crippen molar-refractivity contribution in [2.75, 3.05) is 25.5 Å². The largest absolute Gasteiger partial charge is 0.380 e. The second-order valence-corrected chi connectivity index (χ2v) is 8.32. The fourth-order valence-electron chi connectivity index (χ4n) is 2.89. The summed E-state index contributed by atoms with van der Waals surface area (Å²) in [4.78, 5) is 4.36. The zero-order chi connectivity index (χ0) is 15.0. The summed E-state index contributed by atoms with van der Waals surface area (Å²) in [5.74, 6) is 0.918. The summed E-state index contributed by atoms with van der Waals surface area (Å²) in [6.07, 6.45) is 4.29. The van der Waals surface area contributed by atoms with Crippen LogP contribution < -0.4 is 0 Å². The summed E-state index contributed by atoms with van der Waals surface area (Å²) in [6, 6.07) is 0. The van der Waals surface area contributed by atoms with Gasteiger partial charge in [0.25, 0.3) is 0 Å². The van der Waals surface area contributed by atoms with Crippen LogP contribution in [0.4, 0.5) is 0 Å². The molecule has 0 amide bonds. The number of hydrogen-bond acceptors (Lipinski definition) is 4. The summed E-state index contributed by atoms with van der Waals surface area (Å²) in [5.41, 5.74) is 1.98. The van der Waals surface area contributed by atoms with E-state index in [1.807, 2.05) is 11.6 Å². The Morgan fingerprint density at radius 1 is 1.38 bits per heavy atom. The van der Waals surface area contributed by atoms with E-state index in [0.29, 0.717) is 19.7 Å². The number of hydrogen-bond donors (Lipinski definition) is 0. The van der Waals surface area contributed by atoms with Gasteiger partial charge in [0.2, 0.25) is 10.0 Å². The van der Waals surface area contributed by atoms with Gasteiger partial charge in [-0.25, -0.2) is 13.4 Å². The first-order chi connectivity index (χ1) is 10.0. The zero-order valence-electron chi connectivity index (χ0n) is 12.7.